The number of allylic oxidation sites excluding steroid dienone is 1. The van der Waals surface area contributed by atoms with Crippen molar-refractivity contribution < 1.29 is 4.74 Å². The molecule has 1 atom stereocenters. The van der Waals surface area contributed by atoms with E-state index in [-0.39, 0.29) is 23.0 Å². The number of fused-ring (bicyclic) bond motifs is 2. The summed E-state index contributed by atoms with van der Waals surface area (Å²) in [5.74, 6) is -0.902. The van der Waals surface area contributed by atoms with Gasteiger partial charge in [0.1, 0.15) is 0 Å². The standard InChI is InChI=1S/C16H11N5O3/c1-18-12-10(8-6-19-9-5-3-2-4-7(8)9)11-14(22)20-16(23)21-15(11)24-13(12)17/h2-6,10,19H,17H2,(H2,20,21,22,23). The van der Waals surface area contributed by atoms with Crippen molar-refractivity contribution in [1.82, 2.24) is 15.0 Å². The van der Waals surface area contributed by atoms with E-state index in [2.05, 4.69) is 19.8 Å². The molecular weight excluding hydrogens is 310 g/mol. The van der Waals surface area contributed by atoms with Crippen LogP contribution in [0.1, 0.15) is 17.0 Å². The molecule has 8 heteroatoms. The molecule has 0 saturated heterocycles. The van der Waals surface area contributed by atoms with Crippen molar-refractivity contribution in [2.75, 3.05) is 0 Å². The van der Waals surface area contributed by atoms with Crippen molar-refractivity contribution in [1.29, 1.82) is 0 Å². The fourth-order valence-electron chi connectivity index (χ4n) is 3.01. The first-order chi connectivity index (χ1) is 11.6. The molecule has 1 aliphatic heterocycles. The van der Waals surface area contributed by atoms with Crippen molar-refractivity contribution in [3.8, 4) is 5.88 Å². The number of H-pyrrole nitrogens is 3. The predicted octanol–water partition coefficient (Wildman–Crippen LogP) is 1.12. The lowest BCUT2D eigenvalue weighted by Crippen LogP contribution is -2.33. The quantitative estimate of drug-likeness (QED) is 0.502. The van der Waals surface area contributed by atoms with Gasteiger partial charge >= 0.3 is 5.69 Å². The molecule has 0 bridgehead atoms. The lowest BCUT2D eigenvalue weighted by molar-refractivity contribution is 0.372. The van der Waals surface area contributed by atoms with Crippen LogP contribution in [-0.4, -0.2) is 15.0 Å². The summed E-state index contributed by atoms with van der Waals surface area (Å²) in [5.41, 5.74) is 6.36. The van der Waals surface area contributed by atoms with Crippen LogP contribution in [0.3, 0.4) is 0 Å². The fourth-order valence-corrected chi connectivity index (χ4v) is 3.01. The van der Waals surface area contributed by atoms with E-state index in [1.165, 1.54) is 0 Å². The van der Waals surface area contributed by atoms with Crippen LogP contribution in [-0.2, 0) is 0 Å². The summed E-state index contributed by atoms with van der Waals surface area (Å²) in [6.07, 6.45) is 1.73. The van der Waals surface area contributed by atoms with E-state index in [1.54, 1.807) is 6.20 Å². The Kier molecular flexibility index (Phi) is 2.83. The van der Waals surface area contributed by atoms with E-state index < -0.39 is 17.2 Å². The minimum atomic E-state index is -0.733. The van der Waals surface area contributed by atoms with Gasteiger partial charge in [0, 0.05) is 17.1 Å². The van der Waals surface area contributed by atoms with Crippen LogP contribution in [0, 0.1) is 6.57 Å². The zero-order valence-electron chi connectivity index (χ0n) is 12.2. The second kappa shape index (κ2) is 4.89. The number of nitrogens with zero attached hydrogens (tertiary/aromatic N) is 1. The number of aromatic amines is 3. The number of benzene rings is 1. The van der Waals surface area contributed by atoms with Crippen molar-refractivity contribution in [3.05, 3.63) is 85.4 Å². The summed E-state index contributed by atoms with van der Waals surface area (Å²) in [4.78, 5) is 35.0. The average Bonchev–Trinajstić information content (AvgIpc) is 2.97. The molecule has 3 aromatic rings. The summed E-state index contributed by atoms with van der Waals surface area (Å²) in [6.45, 7) is 7.44. The molecule has 0 amide bonds. The van der Waals surface area contributed by atoms with Gasteiger partial charge in [0.2, 0.25) is 11.6 Å². The molecule has 4 rings (SSSR count). The smallest absolute Gasteiger partial charge is 0.328 e. The zero-order chi connectivity index (χ0) is 16.8. The zero-order valence-corrected chi connectivity index (χ0v) is 12.2. The Morgan fingerprint density at radius 2 is 2.00 bits per heavy atom. The molecule has 0 spiro atoms. The Hall–Kier alpha value is -3.73. The lowest BCUT2D eigenvalue weighted by Gasteiger charge is -2.24. The molecule has 1 unspecified atom stereocenters. The molecular formula is C16H11N5O3. The van der Waals surface area contributed by atoms with Gasteiger partial charge in [-0.1, -0.05) is 18.2 Å². The molecule has 0 aliphatic carbocycles. The van der Waals surface area contributed by atoms with Crippen molar-refractivity contribution in [3.63, 3.8) is 0 Å². The van der Waals surface area contributed by atoms with Crippen molar-refractivity contribution >= 4 is 10.9 Å². The third kappa shape index (κ3) is 1.85. The van der Waals surface area contributed by atoms with Gasteiger partial charge in [-0.15, -0.1) is 0 Å². The second-order valence-corrected chi connectivity index (χ2v) is 5.34. The molecule has 0 saturated carbocycles. The molecule has 1 aliphatic rings. The lowest BCUT2D eigenvalue weighted by atomic mass is 9.88. The van der Waals surface area contributed by atoms with Gasteiger partial charge in [-0.05, 0) is 11.6 Å². The van der Waals surface area contributed by atoms with Gasteiger partial charge in [-0.3, -0.25) is 14.8 Å². The molecule has 5 N–H and O–H groups in total. The molecule has 1 aromatic carbocycles. The monoisotopic (exact) mass is 321 g/mol. The molecule has 24 heavy (non-hydrogen) atoms. The highest BCUT2D eigenvalue weighted by Crippen LogP contribution is 2.41. The number of hydrogen-bond acceptors (Lipinski definition) is 4. The Bertz CT molecular complexity index is 1160. The highest BCUT2D eigenvalue weighted by molar-refractivity contribution is 5.85. The molecule has 2 aromatic heterocycles. The minimum Gasteiger partial charge on any atom is -0.435 e. The predicted molar refractivity (Wildman–Crippen MR) is 86.3 cm³/mol. The van der Waals surface area contributed by atoms with Crippen LogP contribution in [0.15, 0.2) is 51.6 Å². The van der Waals surface area contributed by atoms with E-state index in [0.29, 0.717) is 5.56 Å². The highest BCUT2D eigenvalue weighted by atomic mass is 16.5. The maximum absolute atomic E-state index is 12.4. The third-order valence-electron chi connectivity index (χ3n) is 4.02. The topological polar surface area (TPSA) is 121 Å². The van der Waals surface area contributed by atoms with Gasteiger partial charge in [0.25, 0.3) is 5.56 Å². The number of aromatic nitrogens is 3. The van der Waals surface area contributed by atoms with Crippen molar-refractivity contribution in [2.45, 2.75) is 5.92 Å². The Morgan fingerprint density at radius 1 is 1.21 bits per heavy atom. The summed E-state index contributed by atoms with van der Waals surface area (Å²) in [5, 5.41) is 0.856. The molecule has 0 radical (unpaired) electrons. The van der Waals surface area contributed by atoms with Gasteiger partial charge in [0.15, 0.2) is 5.88 Å². The van der Waals surface area contributed by atoms with Crippen LogP contribution in [0.5, 0.6) is 5.88 Å². The number of para-hydroxylation sites is 1. The molecule has 3 heterocycles. The third-order valence-corrected chi connectivity index (χ3v) is 4.02. The first kappa shape index (κ1) is 13.9. The number of nitrogens with two attached hydrogens (primary N) is 1. The molecule has 0 fully saturated rings. The Balaban J connectivity index is 2.09. The van der Waals surface area contributed by atoms with E-state index in [0.717, 1.165) is 10.9 Å². The van der Waals surface area contributed by atoms with Gasteiger partial charge in [-0.2, -0.15) is 0 Å². The Morgan fingerprint density at radius 3 is 2.79 bits per heavy atom. The van der Waals surface area contributed by atoms with E-state index in [4.69, 9.17) is 17.0 Å². The first-order valence-electron chi connectivity index (χ1n) is 7.07. The number of hydrogen-bond donors (Lipinski definition) is 4. The molecule has 8 nitrogen and oxygen atoms in total. The summed E-state index contributed by atoms with van der Waals surface area (Å²) in [7, 11) is 0. The summed E-state index contributed by atoms with van der Waals surface area (Å²) >= 11 is 0. The van der Waals surface area contributed by atoms with Gasteiger partial charge in [0.05, 0.1) is 18.1 Å². The first-order valence-corrected chi connectivity index (χ1v) is 7.07. The average molecular weight is 321 g/mol. The highest BCUT2D eigenvalue weighted by Gasteiger charge is 2.35. The summed E-state index contributed by atoms with van der Waals surface area (Å²) < 4.78 is 5.30. The van der Waals surface area contributed by atoms with E-state index in [9.17, 15) is 9.59 Å². The normalized spacial score (nSPS) is 16.5. The maximum atomic E-state index is 12.4. The van der Waals surface area contributed by atoms with Crippen LogP contribution >= 0.6 is 0 Å². The van der Waals surface area contributed by atoms with Gasteiger partial charge < -0.3 is 15.5 Å². The number of rotatable bonds is 1. The number of ether oxygens (including phenoxy) is 1. The summed E-state index contributed by atoms with van der Waals surface area (Å²) in [6, 6.07) is 7.51. The maximum Gasteiger partial charge on any atom is 0.328 e. The second-order valence-electron chi connectivity index (χ2n) is 5.34. The van der Waals surface area contributed by atoms with E-state index in [1.807, 2.05) is 24.3 Å². The van der Waals surface area contributed by atoms with Crippen molar-refractivity contribution in [2.24, 2.45) is 5.73 Å². The van der Waals surface area contributed by atoms with Gasteiger partial charge in [-0.25, -0.2) is 9.64 Å². The minimum absolute atomic E-state index is 0.0380. The van der Waals surface area contributed by atoms with Crippen LogP contribution < -0.4 is 21.7 Å². The fraction of sp³-hybridized carbons (Fsp3) is 0.0625. The SMILES string of the molecule is [C-]#[N+]C1=C(N)Oc2[nH]c(=O)[nH]c(=O)c2C1c1c[nH]c2ccccc12. The Labute approximate surface area is 134 Å². The van der Waals surface area contributed by atoms with E-state index >= 15 is 0 Å². The van der Waals surface area contributed by atoms with Crippen LogP contribution in [0.4, 0.5) is 0 Å². The largest absolute Gasteiger partial charge is 0.435 e. The number of nitrogens with one attached hydrogen (secondary N) is 3. The molecule has 118 valence electrons. The van der Waals surface area contributed by atoms with Crippen LogP contribution in [0.2, 0.25) is 0 Å². The van der Waals surface area contributed by atoms with Crippen LogP contribution in [0.25, 0.3) is 15.7 Å².